The molecule has 0 radical (unpaired) electrons. The monoisotopic (exact) mass is 392 g/mol. The summed E-state index contributed by atoms with van der Waals surface area (Å²) < 4.78 is 45.9. The fourth-order valence-corrected chi connectivity index (χ4v) is 4.26. The Morgan fingerprint density at radius 1 is 1.11 bits per heavy atom. The standard InChI is InChI=1S/C19H21FN2O4S/c20-14-4-3-7-16(12-14)21-19(23)13-26-17-8-10-18(11-9-17)27(24,25)22-15-5-1-2-6-15/h3-4,7-12,15,22H,1-2,5-6,13H2,(H,21,23). The van der Waals surface area contributed by atoms with Gasteiger partial charge in [-0.25, -0.2) is 17.5 Å². The molecule has 1 aliphatic carbocycles. The van der Waals surface area contributed by atoms with Crippen LogP contribution < -0.4 is 14.8 Å². The van der Waals surface area contributed by atoms with Crippen LogP contribution in [0.3, 0.4) is 0 Å². The molecule has 0 saturated heterocycles. The molecule has 6 nitrogen and oxygen atoms in total. The average Bonchev–Trinajstić information content (AvgIpc) is 3.13. The molecule has 0 unspecified atom stereocenters. The molecule has 2 aromatic carbocycles. The Bertz CT molecular complexity index is 894. The maximum absolute atomic E-state index is 13.1. The number of carbonyl (C=O) groups excluding carboxylic acids is 1. The summed E-state index contributed by atoms with van der Waals surface area (Å²) in [5, 5.41) is 2.52. The first-order valence-electron chi connectivity index (χ1n) is 8.73. The lowest BCUT2D eigenvalue weighted by molar-refractivity contribution is -0.118. The average molecular weight is 392 g/mol. The van der Waals surface area contributed by atoms with Crippen LogP contribution >= 0.6 is 0 Å². The second kappa shape index (κ2) is 8.49. The van der Waals surface area contributed by atoms with Crippen molar-refractivity contribution in [2.24, 2.45) is 0 Å². The molecule has 144 valence electrons. The van der Waals surface area contributed by atoms with Gasteiger partial charge in [-0.3, -0.25) is 4.79 Å². The lowest BCUT2D eigenvalue weighted by Crippen LogP contribution is -2.32. The number of carbonyl (C=O) groups is 1. The van der Waals surface area contributed by atoms with E-state index in [1.807, 2.05) is 0 Å². The number of amides is 1. The number of hydrogen-bond donors (Lipinski definition) is 2. The molecular formula is C19H21FN2O4S. The topological polar surface area (TPSA) is 84.5 Å². The quantitative estimate of drug-likeness (QED) is 0.758. The second-order valence-electron chi connectivity index (χ2n) is 6.42. The third-order valence-electron chi connectivity index (χ3n) is 4.29. The Morgan fingerprint density at radius 3 is 2.48 bits per heavy atom. The van der Waals surface area contributed by atoms with E-state index in [0.29, 0.717) is 11.4 Å². The second-order valence-corrected chi connectivity index (χ2v) is 8.14. The van der Waals surface area contributed by atoms with Gasteiger partial charge in [0.25, 0.3) is 5.91 Å². The number of sulfonamides is 1. The smallest absolute Gasteiger partial charge is 0.262 e. The zero-order valence-corrected chi connectivity index (χ0v) is 15.5. The van der Waals surface area contributed by atoms with E-state index in [2.05, 4.69) is 10.0 Å². The summed E-state index contributed by atoms with van der Waals surface area (Å²) >= 11 is 0. The van der Waals surface area contributed by atoms with E-state index in [1.54, 1.807) is 6.07 Å². The highest BCUT2D eigenvalue weighted by Crippen LogP contribution is 2.21. The summed E-state index contributed by atoms with van der Waals surface area (Å²) in [5.41, 5.74) is 0.336. The first-order chi connectivity index (χ1) is 12.9. The van der Waals surface area contributed by atoms with Gasteiger partial charge in [-0.1, -0.05) is 18.9 Å². The summed E-state index contributed by atoms with van der Waals surface area (Å²) in [6.07, 6.45) is 3.80. The molecule has 3 rings (SSSR count). The van der Waals surface area contributed by atoms with Crippen molar-refractivity contribution in [1.29, 1.82) is 0 Å². The Hall–Kier alpha value is -2.45. The van der Waals surface area contributed by atoms with Crippen molar-refractivity contribution < 1.29 is 22.3 Å². The predicted octanol–water partition coefficient (Wildman–Crippen LogP) is 3.06. The Balaban J connectivity index is 1.53. The molecule has 1 fully saturated rings. The lowest BCUT2D eigenvalue weighted by atomic mass is 10.3. The molecule has 0 bridgehead atoms. The lowest BCUT2D eigenvalue weighted by Gasteiger charge is -2.13. The van der Waals surface area contributed by atoms with Crippen LogP contribution in [0, 0.1) is 5.82 Å². The van der Waals surface area contributed by atoms with Crippen molar-refractivity contribution in [2.45, 2.75) is 36.6 Å². The summed E-state index contributed by atoms with van der Waals surface area (Å²) in [7, 11) is -3.56. The number of rotatable bonds is 7. The van der Waals surface area contributed by atoms with Crippen LogP contribution in [-0.2, 0) is 14.8 Å². The molecule has 2 aromatic rings. The van der Waals surface area contributed by atoms with E-state index in [-0.39, 0.29) is 17.5 Å². The van der Waals surface area contributed by atoms with E-state index in [0.717, 1.165) is 25.7 Å². The molecule has 1 amide bonds. The molecule has 0 atom stereocenters. The zero-order chi connectivity index (χ0) is 19.3. The van der Waals surface area contributed by atoms with Crippen LogP contribution in [0.2, 0.25) is 0 Å². The molecular weight excluding hydrogens is 371 g/mol. The van der Waals surface area contributed by atoms with Crippen LogP contribution in [-0.4, -0.2) is 27.0 Å². The first-order valence-corrected chi connectivity index (χ1v) is 10.2. The van der Waals surface area contributed by atoms with Crippen molar-refractivity contribution >= 4 is 21.6 Å². The third-order valence-corrected chi connectivity index (χ3v) is 5.83. The van der Waals surface area contributed by atoms with E-state index in [9.17, 15) is 17.6 Å². The van der Waals surface area contributed by atoms with Gasteiger partial charge in [0, 0.05) is 11.7 Å². The van der Waals surface area contributed by atoms with Gasteiger partial charge in [-0.15, -0.1) is 0 Å². The molecule has 8 heteroatoms. The van der Waals surface area contributed by atoms with Crippen LogP contribution in [0.4, 0.5) is 10.1 Å². The zero-order valence-electron chi connectivity index (χ0n) is 14.7. The van der Waals surface area contributed by atoms with Gasteiger partial charge in [0.05, 0.1) is 4.90 Å². The summed E-state index contributed by atoms with van der Waals surface area (Å²) in [5.74, 6) is -0.527. The van der Waals surface area contributed by atoms with E-state index >= 15 is 0 Å². The van der Waals surface area contributed by atoms with Gasteiger partial charge >= 0.3 is 0 Å². The maximum Gasteiger partial charge on any atom is 0.262 e. The van der Waals surface area contributed by atoms with E-state index in [1.165, 1.54) is 42.5 Å². The highest BCUT2D eigenvalue weighted by atomic mass is 32.2. The number of halogens is 1. The van der Waals surface area contributed by atoms with Gasteiger partial charge < -0.3 is 10.1 Å². The van der Waals surface area contributed by atoms with E-state index in [4.69, 9.17) is 4.74 Å². The summed E-state index contributed by atoms with van der Waals surface area (Å²) in [6, 6.07) is 11.4. The van der Waals surface area contributed by atoms with E-state index < -0.39 is 21.7 Å². The van der Waals surface area contributed by atoms with Crippen molar-refractivity contribution in [3.8, 4) is 5.75 Å². The minimum atomic E-state index is -3.56. The minimum absolute atomic E-state index is 0.00237. The van der Waals surface area contributed by atoms with Gasteiger partial charge in [0.2, 0.25) is 10.0 Å². The van der Waals surface area contributed by atoms with Crippen LogP contribution in [0.1, 0.15) is 25.7 Å². The van der Waals surface area contributed by atoms with Gasteiger partial charge in [-0.05, 0) is 55.3 Å². The number of benzene rings is 2. The molecule has 0 spiro atoms. The van der Waals surface area contributed by atoms with Gasteiger partial charge in [-0.2, -0.15) is 0 Å². The maximum atomic E-state index is 13.1. The minimum Gasteiger partial charge on any atom is -0.484 e. The van der Waals surface area contributed by atoms with Crippen molar-refractivity contribution in [2.75, 3.05) is 11.9 Å². The fourth-order valence-electron chi connectivity index (χ4n) is 2.96. The largest absolute Gasteiger partial charge is 0.484 e. The van der Waals surface area contributed by atoms with Crippen LogP contribution in [0.15, 0.2) is 53.4 Å². The van der Waals surface area contributed by atoms with Crippen molar-refractivity contribution in [3.63, 3.8) is 0 Å². The van der Waals surface area contributed by atoms with Crippen molar-refractivity contribution in [1.82, 2.24) is 4.72 Å². The fraction of sp³-hybridized carbons (Fsp3) is 0.316. The first kappa shape index (κ1) is 19.3. The molecule has 1 aliphatic rings. The SMILES string of the molecule is O=C(COc1ccc(S(=O)(=O)NC2CCCC2)cc1)Nc1cccc(F)c1. The Kier molecular flexibility index (Phi) is 6.08. The highest BCUT2D eigenvalue weighted by Gasteiger charge is 2.22. The molecule has 2 N–H and O–H groups in total. The predicted molar refractivity (Wildman–Crippen MR) is 99.5 cm³/mol. The Morgan fingerprint density at radius 2 is 1.81 bits per heavy atom. The molecule has 0 heterocycles. The normalized spacial score (nSPS) is 14.9. The summed E-state index contributed by atoms with van der Waals surface area (Å²) in [6.45, 7) is -0.275. The number of anilines is 1. The number of ether oxygens (including phenoxy) is 1. The number of hydrogen-bond acceptors (Lipinski definition) is 4. The van der Waals surface area contributed by atoms with Gasteiger partial charge in [0.15, 0.2) is 6.61 Å². The molecule has 27 heavy (non-hydrogen) atoms. The van der Waals surface area contributed by atoms with Crippen LogP contribution in [0.5, 0.6) is 5.75 Å². The Labute approximate surface area is 157 Å². The van der Waals surface area contributed by atoms with Crippen LogP contribution in [0.25, 0.3) is 0 Å². The highest BCUT2D eigenvalue weighted by molar-refractivity contribution is 7.89. The molecule has 1 saturated carbocycles. The third kappa shape index (κ3) is 5.51. The van der Waals surface area contributed by atoms with Gasteiger partial charge in [0.1, 0.15) is 11.6 Å². The van der Waals surface area contributed by atoms with Crippen molar-refractivity contribution in [3.05, 3.63) is 54.3 Å². The number of nitrogens with one attached hydrogen (secondary N) is 2. The molecule has 0 aliphatic heterocycles. The summed E-state index contributed by atoms with van der Waals surface area (Å²) in [4.78, 5) is 12.0. The molecule has 0 aromatic heterocycles.